The highest BCUT2D eigenvalue weighted by Gasteiger charge is 2.17. The summed E-state index contributed by atoms with van der Waals surface area (Å²) < 4.78 is 6.66. The van der Waals surface area contributed by atoms with Crippen LogP contribution in [0.1, 0.15) is 5.56 Å². The summed E-state index contributed by atoms with van der Waals surface area (Å²) in [4.78, 5) is 26.5. The highest BCUT2D eigenvalue weighted by Crippen LogP contribution is 2.24. The number of rotatable bonds is 4. The van der Waals surface area contributed by atoms with Crippen LogP contribution in [0.4, 0.5) is 5.69 Å². The van der Waals surface area contributed by atoms with Crippen LogP contribution in [0.3, 0.4) is 0 Å². The summed E-state index contributed by atoms with van der Waals surface area (Å²) in [5, 5.41) is 11.0. The first-order valence-electron chi connectivity index (χ1n) is 5.65. The fourth-order valence-corrected chi connectivity index (χ4v) is 2.31. The quantitative estimate of drug-likeness (QED) is 0.466. The van der Waals surface area contributed by atoms with Gasteiger partial charge in [-0.2, -0.15) is 0 Å². The lowest BCUT2D eigenvalue weighted by molar-refractivity contribution is -0.385. The predicted molar refractivity (Wildman–Crippen MR) is 80.0 cm³/mol. The van der Waals surface area contributed by atoms with Crippen LogP contribution in [0, 0.1) is 10.1 Å². The number of halogens is 2. The minimum Gasteiger partial charge on any atom is -0.489 e. The summed E-state index contributed by atoms with van der Waals surface area (Å²) in [7, 11) is 1.30. The number of hydrogen-bond acceptors (Lipinski definition) is 5. The zero-order chi connectivity index (χ0) is 15.6. The van der Waals surface area contributed by atoms with Crippen molar-refractivity contribution in [2.45, 2.75) is 6.54 Å². The molecule has 0 saturated heterocycles. The van der Waals surface area contributed by atoms with E-state index in [1.54, 1.807) is 12.1 Å². The van der Waals surface area contributed by atoms with Gasteiger partial charge in [0.25, 0.3) is 11.2 Å². The molecule has 1 aromatic heterocycles. The molecule has 0 unspecified atom stereocenters. The highest BCUT2D eigenvalue weighted by atomic mass is 79.9. The summed E-state index contributed by atoms with van der Waals surface area (Å²) in [6.07, 6.45) is 1.22. The summed E-state index contributed by atoms with van der Waals surface area (Å²) in [6.45, 7) is -0.0110. The van der Waals surface area contributed by atoms with Gasteiger partial charge >= 0.3 is 0 Å². The average Bonchev–Trinajstić information content (AvgIpc) is 2.44. The zero-order valence-electron chi connectivity index (χ0n) is 10.7. The first-order chi connectivity index (χ1) is 9.93. The van der Waals surface area contributed by atoms with Gasteiger partial charge in [0, 0.05) is 16.1 Å². The molecular formula is C12H9BrClN3O4. The van der Waals surface area contributed by atoms with Crippen LogP contribution < -0.4 is 10.3 Å². The molecule has 110 valence electrons. The Bertz CT molecular complexity index is 763. The molecule has 2 rings (SSSR count). The second-order valence-corrected chi connectivity index (χ2v) is 5.31. The molecule has 1 heterocycles. The Hall–Kier alpha value is -1.93. The molecule has 0 saturated carbocycles. The third kappa shape index (κ3) is 3.22. The molecule has 1 aromatic carbocycles. The summed E-state index contributed by atoms with van der Waals surface area (Å²) >= 11 is 8.92. The Morgan fingerprint density at radius 1 is 1.52 bits per heavy atom. The number of benzene rings is 1. The van der Waals surface area contributed by atoms with Crippen LogP contribution in [-0.4, -0.2) is 21.6 Å². The van der Waals surface area contributed by atoms with E-state index in [0.717, 1.165) is 0 Å². The highest BCUT2D eigenvalue weighted by molar-refractivity contribution is 9.10. The number of aromatic nitrogens is 2. The topological polar surface area (TPSA) is 87.3 Å². The van der Waals surface area contributed by atoms with Crippen LogP contribution in [-0.2, 0) is 6.54 Å². The van der Waals surface area contributed by atoms with E-state index in [-0.39, 0.29) is 23.1 Å². The lowest BCUT2D eigenvalue weighted by atomic mass is 10.2. The van der Waals surface area contributed by atoms with Crippen LogP contribution in [0.25, 0.3) is 0 Å². The van der Waals surface area contributed by atoms with E-state index in [1.165, 1.54) is 24.1 Å². The zero-order valence-corrected chi connectivity index (χ0v) is 13.1. The third-order valence-corrected chi connectivity index (χ3v) is 3.50. The van der Waals surface area contributed by atoms with E-state index in [2.05, 4.69) is 20.9 Å². The Balaban J connectivity index is 2.49. The monoisotopic (exact) mass is 373 g/mol. The summed E-state index contributed by atoms with van der Waals surface area (Å²) in [5.41, 5.74) is -0.226. The Morgan fingerprint density at radius 3 is 2.86 bits per heavy atom. The molecule has 0 aliphatic carbocycles. The van der Waals surface area contributed by atoms with Gasteiger partial charge < -0.3 is 4.74 Å². The molecule has 0 N–H and O–H groups in total. The second-order valence-electron chi connectivity index (χ2n) is 4.03. The van der Waals surface area contributed by atoms with Gasteiger partial charge in [0.1, 0.15) is 0 Å². The molecule has 0 aliphatic rings. The largest absolute Gasteiger partial charge is 0.489 e. The molecule has 2 aromatic rings. The van der Waals surface area contributed by atoms with Crippen LogP contribution in [0.5, 0.6) is 5.75 Å². The Kier molecular flexibility index (Phi) is 4.59. The van der Waals surface area contributed by atoms with Crippen molar-refractivity contribution in [2.24, 2.45) is 0 Å². The fourth-order valence-electron chi connectivity index (χ4n) is 1.76. The molecule has 0 fully saturated rings. The maximum absolute atomic E-state index is 12.1. The molecule has 0 radical (unpaired) electrons. The van der Waals surface area contributed by atoms with Crippen molar-refractivity contribution in [1.82, 2.24) is 9.55 Å². The number of nitro groups is 1. The van der Waals surface area contributed by atoms with Gasteiger partial charge in [0.05, 0.1) is 24.9 Å². The fraction of sp³-hybridized carbons (Fsp3) is 0.167. The Labute approximate surface area is 132 Å². The van der Waals surface area contributed by atoms with Crippen molar-refractivity contribution in [2.75, 3.05) is 7.11 Å². The van der Waals surface area contributed by atoms with E-state index < -0.39 is 10.5 Å². The summed E-state index contributed by atoms with van der Waals surface area (Å²) in [5.74, 6) is -0.0982. The van der Waals surface area contributed by atoms with E-state index in [1.807, 2.05) is 0 Å². The molecule has 7 nitrogen and oxygen atoms in total. The first-order valence-corrected chi connectivity index (χ1v) is 6.83. The molecule has 0 atom stereocenters. The first kappa shape index (κ1) is 15.5. The smallest absolute Gasteiger partial charge is 0.297 e. The van der Waals surface area contributed by atoms with Crippen LogP contribution >= 0.6 is 27.5 Å². The SMILES string of the molecule is COc1c(Cl)ncn(Cc2ccc(Br)cc2[N+](=O)[O-])c1=O. The van der Waals surface area contributed by atoms with Crippen molar-refractivity contribution in [3.8, 4) is 5.75 Å². The predicted octanol–water partition coefficient (Wildman–Crippen LogP) is 2.62. The average molecular weight is 375 g/mol. The molecule has 0 aliphatic heterocycles. The van der Waals surface area contributed by atoms with Gasteiger partial charge in [0.15, 0.2) is 5.15 Å². The van der Waals surface area contributed by atoms with Crippen molar-refractivity contribution in [1.29, 1.82) is 0 Å². The number of nitro benzene ring substituents is 1. The van der Waals surface area contributed by atoms with Crippen molar-refractivity contribution in [3.63, 3.8) is 0 Å². The summed E-state index contributed by atoms with van der Waals surface area (Å²) in [6, 6.07) is 4.60. The number of methoxy groups -OCH3 is 1. The minimum atomic E-state index is -0.508. The van der Waals surface area contributed by atoms with E-state index in [0.29, 0.717) is 10.0 Å². The van der Waals surface area contributed by atoms with Gasteiger partial charge in [-0.3, -0.25) is 19.5 Å². The van der Waals surface area contributed by atoms with Crippen LogP contribution in [0.15, 0.2) is 33.8 Å². The molecule has 0 amide bonds. The number of nitrogens with zero attached hydrogens (tertiary/aromatic N) is 3. The van der Waals surface area contributed by atoms with Gasteiger partial charge in [0.2, 0.25) is 5.75 Å². The standard InChI is InChI=1S/C12H9BrClN3O4/c1-21-10-11(14)15-6-16(12(10)18)5-7-2-3-8(13)4-9(7)17(19)20/h2-4,6H,5H2,1H3. The maximum atomic E-state index is 12.1. The van der Waals surface area contributed by atoms with E-state index >= 15 is 0 Å². The van der Waals surface area contributed by atoms with Crippen LogP contribution in [0.2, 0.25) is 5.15 Å². The lowest BCUT2D eigenvalue weighted by Crippen LogP contribution is -2.23. The normalized spacial score (nSPS) is 10.4. The molecule has 0 spiro atoms. The van der Waals surface area contributed by atoms with E-state index in [4.69, 9.17) is 16.3 Å². The Morgan fingerprint density at radius 2 is 2.24 bits per heavy atom. The molecule has 9 heteroatoms. The van der Waals surface area contributed by atoms with Gasteiger partial charge in [-0.1, -0.05) is 27.5 Å². The minimum absolute atomic E-state index is 0.0110. The van der Waals surface area contributed by atoms with Crippen molar-refractivity contribution >= 4 is 33.2 Å². The van der Waals surface area contributed by atoms with E-state index in [9.17, 15) is 14.9 Å². The molecular weight excluding hydrogens is 366 g/mol. The van der Waals surface area contributed by atoms with Crippen molar-refractivity contribution < 1.29 is 9.66 Å². The second kappa shape index (κ2) is 6.23. The maximum Gasteiger partial charge on any atom is 0.297 e. The molecule has 21 heavy (non-hydrogen) atoms. The van der Waals surface area contributed by atoms with Crippen molar-refractivity contribution in [3.05, 3.63) is 60.2 Å². The number of hydrogen-bond donors (Lipinski definition) is 0. The third-order valence-electron chi connectivity index (χ3n) is 2.74. The van der Waals surface area contributed by atoms with Gasteiger partial charge in [-0.25, -0.2) is 4.98 Å². The van der Waals surface area contributed by atoms with Gasteiger partial charge in [-0.05, 0) is 12.1 Å². The lowest BCUT2D eigenvalue weighted by Gasteiger charge is -2.09. The molecule has 0 bridgehead atoms. The number of ether oxygens (including phenoxy) is 1. The van der Waals surface area contributed by atoms with Gasteiger partial charge in [-0.15, -0.1) is 0 Å².